The Kier molecular flexibility index (Phi) is 5.99. The van der Waals surface area contributed by atoms with E-state index in [1.165, 1.54) is 36.5 Å². The molecule has 1 saturated carbocycles. The van der Waals surface area contributed by atoms with Crippen molar-refractivity contribution in [3.63, 3.8) is 0 Å². The van der Waals surface area contributed by atoms with Crippen molar-refractivity contribution in [2.75, 3.05) is 0 Å². The number of nitriles is 1. The lowest BCUT2D eigenvalue weighted by Crippen LogP contribution is -2.12. The van der Waals surface area contributed by atoms with E-state index in [0.717, 1.165) is 25.7 Å². The molecule has 0 atom stereocenters. The van der Waals surface area contributed by atoms with Crippen LogP contribution in [0.1, 0.15) is 62.5 Å². The molecule has 0 aromatic heterocycles. The lowest BCUT2D eigenvalue weighted by Gasteiger charge is -2.27. The summed E-state index contributed by atoms with van der Waals surface area (Å²) in [6.07, 6.45) is 9.31. The fraction of sp³-hybridized carbons (Fsp3) is 0.526. The van der Waals surface area contributed by atoms with E-state index in [-0.39, 0.29) is 5.92 Å². The summed E-state index contributed by atoms with van der Waals surface area (Å²) in [5.41, 5.74) is 2.84. The van der Waals surface area contributed by atoms with Crippen LogP contribution in [-0.2, 0) is 6.42 Å². The first-order valence-corrected chi connectivity index (χ1v) is 8.09. The summed E-state index contributed by atoms with van der Waals surface area (Å²) in [6.45, 7) is 2.22. The second kappa shape index (κ2) is 7.98. The Morgan fingerprint density at radius 3 is 2.48 bits per heavy atom. The average molecular weight is 285 g/mol. The van der Waals surface area contributed by atoms with Crippen LogP contribution in [0.15, 0.2) is 36.2 Å². The predicted molar refractivity (Wildman–Crippen MR) is 84.6 cm³/mol. The molecule has 1 aromatic carbocycles. The van der Waals surface area contributed by atoms with Gasteiger partial charge in [-0.1, -0.05) is 37.6 Å². The Morgan fingerprint density at radius 1 is 1.24 bits per heavy atom. The first-order valence-electron chi connectivity index (χ1n) is 8.09. The Hall–Kier alpha value is -1.62. The van der Waals surface area contributed by atoms with Crippen LogP contribution in [0.5, 0.6) is 0 Å². The number of hydrogen-bond donors (Lipinski definition) is 0. The van der Waals surface area contributed by atoms with Crippen molar-refractivity contribution < 1.29 is 4.39 Å². The SMILES string of the molecule is CCCCc1ccc([C@H]2CC[C@H](C=C(F)C#N)CC2)cc1. The monoisotopic (exact) mass is 285 g/mol. The molecule has 1 aliphatic carbocycles. The first-order chi connectivity index (χ1) is 10.2. The molecule has 1 nitrogen and oxygen atoms in total. The highest BCUT2D eigenvalue weighted by atomic mass is 19.1. The standard InChI is InChI=1S/C19H24FN/c1-2-3-4-15-5-9-17(10-6-15)18-11-7-16(8-12-18)13-19(20)14-21/h5-6,9-10,13,16,18H,2-4,7-8,11-12H2,1H3/t16-,18-. The highest BCUT2D eigenvalue weighted by Gasteiger charge is 2.21. The Labute approximate surface area is 127 Å². The molecule has 1 fully saturated rings. The normalized spacial score (nSPS) is 22.8. The van der Waals surface area contributed by atoms with Gasteiger partial charge in [0.25, 0.3) is 0 Å². The number of hydrogen-bond acceptors (Lipinski definition) is 1. The summed E-state index contributed by atoms with van der Waals surface area (Å²) >= 11 is 0. The predicted octanol–water partition coefficient (Wildman–Crippen LogP) is 5.68. The van der Waals surface area contributed by atoms with Crippen molar-refractivity contribution >= 4 is 0 Å². The highest BCUT2D eigenvalue weighted by Crippen LogP contribution is 2.36. The molecule has 0 amide bonds. The van der Waals surface area contributed by atoms with Crippen molar-refractivity contribution in [3.05, 3.63) is 47.3 Å². The molecule has 1 aliphatic rings. The summed E-state index contributed by atoms with van der Waals surface area (Å²) in [5.74, 6) is 0.212. The van der Waals surface area contributed by atoms with Gasteiger partial charge in [-0.05, 0) is 67.6 Å². The Bertz CT molecular complexity index is 501. The van der Waals surface area contributed by atoms with E-state index in [0.29, 0.717) is 5.92 Å². The van der Waals surface area contributed by atoms with Crippen LogP contribution >= 0.6 is 0 Å². The largest absolute Gasteiger partial charge is 0.196 e. The van der Waals surface area contributed by atoms with Crippen molar-refractivity contribution in [2.45, 2.75) is 57.8 Å². The molecule has 0 bridgehead atoms. The molecule has 0 aliphatic heterocycles. The molecule has 0 radical (unpaired) electrons. The molecule has 0 saturated heterocycles. The topological polar surface area (TPSA) is 23.8 Å². The van der Waals surface area contributed by atoms with Gasteiger partial charge in [-0.2, -0.15) is 9.65 Å². The molecular formula is C19H24FN. The molecule has 2 heteroatoms. The van der Waals surface area contributed by atoms with Crippen molar-refractivity contribution in [1.82, 2.24) is 0 Å². The van der Waals surface area contributed by atoms with Gasteiger partial charge in [-0.25, -0.2) is 0 Å². The molecule has 1 aromatic rings. The third-order valence-electron chi connectivity index (χ3n) is 4.53. The van der Waals surface area contributed by atoms with E-state index in [9.17, 15) is 4.39 Å². The minimum atomic E-state index is -0.626. The summed E-state index contributed by atoms with van der Waals surface area (Å²) in [4.78, 5) is 0. The number of nitrogens with zero attached hydrogens (tertiary/aromatic N) is 1. The van der Waals surface area contributed by atoms with Gasteiger partial charge < -0.3 is 0 Å². The minimum absolute atomic E-state index is 0.240. The third-order valence-corrected chi connectivity index (χ3v) is 4.53. The number of benzene rings is 1. The van der Waals surface area contributed by atoms with Gasteiger partial charge in [0.05, 0.1) is 0 Å². The van der Waals surface area contributed by atoms with Crippen LogP contribution in [0.4, 0.5) is 4.39 Å². The van der Waals surface area contributed by atoms with Gasteiger partial charge in [-0.3, -0.25) is 0 Å². The van der Waals surface area contributed by atoms with Gasteiger partial charge in [-0.15, -0.1) is 0 Å². The van der Waals surface area contributed by atoms with Gasteiger partial charge in [0.15, 0.2) is 5.83 Å². The number of rotatable bonds is 5. The van der Waals surface area contributed by atoms with E-state index < -0.39 is 5.83 Å². The number of aryl methyl sites for hydroxylation is 1. The molecule has 112 valence electrons. The van der Waals surface area contributed by atoms with Crippen LogP contribution in [0.25, 0.3) is 0 Å². The summed E-state index contributed by atoms with van der Waals surface area (Å²) < 4.78 is 13.0. The average Bonchev–Trinajstić information content (AvgIpc) is 2.54. The van der Waals surface area contributed by atoms with Crippen LogP contribution in [0.3, 0.4) is 0 Å². The van der Waals surface area contributed by atoms with Gasteiger partial charge in [0.1, 0.15) is 6.07 Å². The molecular weight excluding hydrogens is 261 g/mol. The van der Waals surface area contributed by atoms with E-state index in [2.05, 4.69) is 31.2 Å². The summed E-state index contributed by atoms with van der Waals surface area (Å²) in [6, 6.07) is 10.6. The lowest BCUT2D eigenvalue weighted by molar-refractivity contribution is 0.372. The van der Waals surface area contributed by atoms with Crippen molar-refractivity contribution in [3.8, 4) is 6.07 Å². The molecule has 2 rings (SSSR count). The second-order valence-electron chi connectivity index (χ2n) is 6.08. The van der Waals surface area contributed by atoms with E-state index in [1.807, 2.05) is 0 Å². The minimum Gasteiger partial charge on any atom is -0.195 e. The number of halogens is 1. The first kappa shape index (κ1) is 15.8. The lowest BCUT2D eigenvalue weighted by atomic mass is 9.78. The maximum absolute atomic E-state index is 13.0. The zero-order valence-electron chi connectivity index (χ0n) is 12.8. The van der Waals surface area contributed by atoms with Gasteiger partial charge >= 0.3 is 0 Å². The van der Waals surface area contributed by atoms with Crippen LogP contribution in [-0.4, -0.2) is 0 Å². The maximum Gasteiger partial charge on any atom is 0.196 e. The Balaban J connectivity index is 1.89. The fourth-order valence-electron chi connectivity index (χ4n) is 3.20. The number of unbranched alkanes of at least 4 members (excludes halogenated alkanes) is 1. The van der Waals surface area contributed by atoms with E-state index in [4.69, 9.17) is 5.26 Å². The molecule has 0 spiro atoms. The molecule has 21 heavy (non-hydrogen) atoms. The fourth-order valence-corrected chi connectivity index (χ4v) is 3.20. The van der Waals surface area contributed by atoms with Gasteiger partial charge in [0, 0.05) is 0 Å². The number of allylic oxidation sites excluding steroid dienone is 2. The third kappa shape index (κ3) is 4.70. The summed E-state index contributed by atoms with van der Waals surface area (Å²) in [7, 11) is 0. The zero-order chi connectivity index (χ0) is 15.1. The Morgan fingerprint density at radius 2 is 1.90 bits per heavy atom. The van der Waals surface area contributed by atoms with Crippen LogP contribution in [0.2, 0.25) is 0 Å². The van der Waals surface area contributed by atoms with Crippen molar-refractivity contribution in [2.24, 2.45) is 5.92 Å². The van der Waals surface area contributed by atoms with Gasteiger partial charge in [0.2, 0.25) is 0 Å². The molecule has 0 unspecified atom stereocenters. The highest BCUT2D eigenvalue weighted by molar-refractivity contribution is 5.26. The second-order valence-corrected chi connectivity index (χ2v) is 6.08. The van der Waals surface area contributed by atoms with Crippen molar-refractivity contribution in [1.29, 1.82) is 5.26 Å². The van der Waals surface area contributed by atoms with E-state index >= 15 is 0 Å². The van der Waals surface area contributed by atoms with Crippen LogP contribution in [0, 0.1) is 17.2 Å². The maximum atomic E-state index is 13.0. The molecule has 0 heterocycles. The quantitative estimate of drug-likeness (QED) is 0.638. The van der Waals surface area contributed by atoms with Crippen LogP contribution < -0.4 is 0 Å². The smallest absolute Gasteiger partial charge is 0.195 e. The van der Waals surface area contributed by atoms with E-state index in [1.54, 1.807) is 6.07 Å². The molecule has 0 N–H and O–H groups in total. The zero-order valence-corrected chi connectivity index (χ0v) is 12.8. The summed E-state index contributed by atoms with van der Waals surface area (Å²) in [5, 5.41) is 8.49.